The van der Waals surface area contributed by atoms with Crippen molar-refractivity contribution in [1.82, 2.24) is 10.2 Å². The fourth-order valence-corrected chi connectivity index (χ4v) is 2.68. The standard InChI is InChI=1S/C14H20FN3O2/c1-2-17(12-4-3-7-16-9-12)10-11-5-6-14(18(19)20)13(15)8-11/h5-6,8,12,16H,2-4,7,9-10H2,1H3. The molecule has 0 bridgehead atoms. The highest BCUT2D eigenvalue weighted by Gasteiger charge is 2.21. The van der Waals surface area contributed by atoms with Crippen LogP contribution in [0.25, 0.3) is 0 Å². The van der Waals surface area contributed by atoms with E-state index in [0.717, 1.165) is 38.0 Å². The maximum atomic E-state index is 13.6. The lowest BCUT2D eigenvalue weighted by Gasteiger charge is -2.33. The summed E-state index contributed by atoms with van der Waals surface area (Å²) < 4.78 is 13.6. The van der Waals surface area contributed by atoms with Gasteiger partial charge in [0.1, 0.15) is 0 Å². The third-order valence-electron chi connectivity index (χ3n) is 3.79. The van der Waals surface area contributed by atoms with Gasteiger partial charge >= 0.3 is 5.69 Å². The van der Waals surface area contributed by atoms with Gasteiger partial charge in [-0.2, -0.15) is 4.39 Å². The lowest BCUT2D eigenvalue weighted by atomic mass is 10.0. The third-order valence-corrected chi connectivity index (χ3v) is 3.79. The highest BCUT2D eigenvalue weighted by Crippen LogP contribution is 2.20. The maximum Gasteiger partial charge on any atom is 0.304 e. The van der Waals surface area contributed by atoms with E-state index < -0.39 is 16.4 Å². The second-order valence-corrected chi connectivity index (χ2v) is 5.11. The zero-order chi connectivity index (χ0) is 14.5. The number of hydrogen-bond acceptors (Lipinski definition) is 4. The summed E-state index contributed by atoms with van der Waals surface area (Å²) in [6.45, 7) is 5.59. The Balaban J connectivity index is 2.07. The van der Waals surface area contributed by atoms with Crippen LogP contribution in [0.1, 0.15) is 25.3 Å². The minimum absolute atomic E-state index is 0.451. The SMILES string of the molecule is CCN(Cc1ccc([N+](=O)[O-])c(F)c1)C1CCCNC1. The highest BCUT2D eigenvalue weighted by molar-refractivity contribution is 5.35. The molecule has 1 aromatic rings. The van der Waals surface area contributed by atoms with Crippen LogP contribution in [0.15, 0.2) is 18.2 Å². The molecule has 1 aromatic carbocycles. The van der Waals surface area contributed by atoms with Crippen LogP contribution in [0.4, 0.5) is 10.1 Å². The zero-order valence-electron chi connectivity index (χ0n) is 11.6. The van der Waals surface area contributed by atoms with E-state index >= 15 is 0 Å². The molecule has 0 spiro atoms. The van der Waals surface area contributed by atoms with Crippen LogP contribution in [0, 0.1) is 15.9 Å². The number of nitrogens with one attached hydrogen (secondary N) is 1. The van der Waals surface area contributed by atoms with Gasteiger partial charge in [0.2, 0.25) is 5.82 Å². The van der Waals surface area contributed by atoms with E-state index in [1.54, 1.807) is 6.07 Å². The van der Waals surface area contributed by atoms with E-state index in [2.05, 4.69) is 17.1 Å². The molecule has 2 rings (SSSR count). The average Bonchev–Trinajstić information content (AvgIpc) is 2.45. The summed E-state index contributed by atoms with van der Waals surface area (Å²) in [4.78, 5) is 12.2. The van der Waals surface area contributed by atoms with Crippen LogP contribution in [0.2, 0.25) is 0 Å². The van der Waals surface area contributed by atoms with Crippen molar-refractivity contribution < 1.29 is 9.31 Å². The fraction of sp³-hybridized carbons (Fsp3) is 0.571. The van der Waals surface area contributed by atoms with E-state index in [1.165, 1.54) is 12.1 Å². The third kappa shape index (κ3) is 3.52. The summed E-state index contributed by atoms with van der Waals surface area (Å²) in [6.07, 6.45) is 2.28. The number of piperidine rings is 1. The molecular weight excluding hydrogens is 261 g/mol. The predicted octanol–water partition coefficient (Wildman–Crippen LogP) is 2.31. The second kappa shape index (κ2) is 6.76. The van der Waals surface area contributed by atoms with Crippen LogP contribution >= 0.6 is 0 Å². The lowest BCUT2D eigenvalue weighted by molar-refractivity contribution is -0.387. The molecule has 1 fully saturated rings. The van der Waals surface area contributed by atoms with E-state index in [9.17, 15) is 14.5 Å². The number of benzene rings is 1. The molecule has 1 heterocycles. The van der Waals surface area contributed by atoms with Crippen molar-refractivity contribution in [2.75, 3.05) is 19.6 Å². The first kappa shape index (κ1) is 14.9. The monoisotopic (exact) mass is 281 g/mol. The van der Waals surface area contributed by atoms with Gasteiger partial charge in [0.05, 0.1) is 4.92 Å². The van der Waals surface area contributed by atoms with Crippen molar-refractivity contribution in [1.29, 1.82) is 0 Å². The molecule has 0 aromatic heterocycles. The molecule has 1 N–H and O–H groups in total. The fourth-order valence-electron chi connectivity index (χ4n) is 2.68. The largest absolute Gasteiger partial charge is 0.315 e. The van der Waals surface area contributed by atoms with Crippen molar-refractivity contribution in [3.63, 3.8) is 0 Å². The Morgan fingerprint density at radius 3 is 2.90 bits per heavy atom. The number of rotatable bonds is 5. The van der Waals surface area contributed by atoms with E-state index in [0.29, 0.717) is 12.6 Å². The molecule has 0 aliphatic carbocycles. The molecule has 1 unspecified atom stereocenters. The Morgan fingerprint density at radius 2 is 2.35 bits per heavy atom. The molecule has 0 amide bonds. The topological polar surface area (TPSA) is 58.4 Å². The van der Waals surface area contributed by atoms with Crippen molar-refractivity contribution >= 4 is 5.69 Å². The van der Waals surface area contributed by atoms with Crippen LogP contribution in [-0.2, 0) is 6.54 Å². The number of halogens is 1. The summed E-state index contributed by atoms with van der Waals surface area (Å²) in [5.41, 5.74) is 0.316. The highest BCUT2D eigenvalue weighted by atomic mass is 19.1. The van der Waals surface area contributed by atoms with Gasteiger partial charge in [-0.25, -0.2) is 0 Å². The van der Waals surface area contributed by atoms with Gasteiger partial charge < -0.3 is 5.32 Å². The lowest BCUT2D eigenvalue weighted by Crippen LogP contribution is -2.45. The Morgan fingerprint density at radius 1 is 1.55 bits per heavy atom. The quantitative estimate of drug-likeness (QED) is 0.664. The number of hydrogen-bond donors (Lipinski definition) is 1. The van der Waals surface area contributed by atoms with Gasteiger partial charge in [0.25, 0.3) is 0 Å². The molecular formula is C14H20FN3O2. The van der Waals surface area contributed by atoms with E-state index in [4.69, 9.17) is 0 Å². The van der Waals surface area contributed by atoms with Gasteiger partial charge in [0.15, 0.2) is 0 Å². The Bertz CT molecular complexity index is 475. The van der Waals surface area contributed by atoms with E-state index in [1.807, 2.05) is 0 Å². The first-order valence-corrected chi connectivity index (χ1v) is 6.99. The molecule has 1 saturated heterocycles. The second-order valence-electron chi connectivity index (χ2n) is 5.11. The Hall–Kier alpha value is -1.53. The first-order valence-electron chi connectivity index (χ1n) is 6.99. The summed E-state index contributed by atoms with van der Waals surface area (Å²) in [5.74, 6) is -0.759. The summed E-state index contributed by atoms with van der Waals surface area (Å²) >= 11 is 0. The number of nitro benzene ring substituents is 1. The Labute approximate surface area is 117 Å². The summed E-state index contributed by atoms with van der Waals surface area (Å²) in [6, 6.07) is 4.61. The van der Waals surface area contributed by atoms with Gasteiger partial charge in [-0.05, 0) is 37.6 Å². The van der Waals surface area contributed by atoms with Gasteiger partial charge in [-0.1, -0.05) is 13.0 Å². The normalized spacial score (nSPS) is 19.2. The van der Waals surface area contributed by atoms with E-state index in [-0.39, 0.29) is 0 Å². The van der Waals surface area contributed by atoms with Gasteiger partial charge in [-0.3, -0.25) is 15.0 Å². The number of nitro groups is 1. The maximum absolute atomic E-state index is 13.6. The number of nitrogens with zero attached hydrogens (tertiary/aromatic N) is 2. The molecule has 110 valence electrons. The smallest absolute Gasteiger partial charge is 0.304 e. The van der Waals surface area contributed by atoms with Crippen LogP contribution < -0.4 is 5.32 Å². The summed E-state index contributed by atoms with van der Waals surface area (Å²) in [7, 11) is 0. The van der Waals surface area contributed by atoms with Crippen LogP contribution in [0.3, 0.4) is 0 Å². The molecule has 1 aliphatic rings. The minimum atomic E-state index is -0.759. The number of likely N-dealkylation sites (N-methyl/N-ethyl adjacent to an activating group) is 1. The van der Waals surface area contributed by atoms with Crippen LogP contribution in [0.5, 0.6) is 0 Å². The molecule has 6 heteroatoms. The van der Waals surface area contributed by atoms with Crippen LogP contribution in [-0.4, -0.2) is 35.5 Å². The zero-order valence-corrected chi connectivity index (χ0v) is 11.6. The molecule has 1 atom stereocenters. The van der Waals surface area contributed by atoms with Gasteiger partial charge in [-0.15, -0.1) is 0 Å². The molecule has 0 saturated carbocycles. The average molecular weight is 281 g/mol. The first-order chi connectivity index (χ1) is 9.61. The van der Waals surface area contributed by atoms with Gasteiger partial charge in [0, 0.05) is 25.2 Å². The van der Waals surface area contributed by atoms with Crippen molar-refractivity contribution in [3.8, 4) is 0 Å². The molecule has 5 nitrogen and oxygen atoms in total. The molecule has 20 heavy (non-hydrogen) atoms. The summed E-state index contributed by atoms with van der Waals surface area (Å²) in [5, 5.41) is 14.0. The minimum Gasteiger partial charge on any atom is -0.315 e. The molecule has 1 aliphatic heterocycles. The van der Waals surface area contributed by atoms with Crippen molar-refractivity contribution in [3.05, 3.63) is 39.7 Å². The predicted molar refractivity (Wildman–Crippen MR) is 75.0 cm³/mol. The van der Waals surface area contributed by atoms with Crippen molar-refractivity contribution in [2.45, 2.75) is 32.4 Å². The molecule has 0 radical (unpaired) electrons. The Kier molecular flexibility index (Phi) is 5.03. The van der Waals surface area contributed by atoms with Crippen molar-refractivity contribution in [2.24, 2.45) is 0 Å².